The zero-order valence-corrected chi connectivity index (χ0v) is 16.6. The van der Waals surface area contributed by atoms with E-state index < -0.39 is 0 Å². The van der Waals surface area contributed by atoms with Crippen LogP contribution in [0.4, 0.5) is 0 Å². The van der Waals surface area contributed by atoms with E-state index in [1.54, 1.807) is 34.4 Å². The molecule has 146 valence electrons. The van der Waals surface area contributed by atoms with Crippen LogP contribution in [0.25, 0.3) is 11.4 Å². The fourth-order valence-corrected chi connectivity index (χ4v) is 3.71. The summed E-state index contributed by atoms with van der Waals surface area (Å²) < 4.78 is 16.6. The molecule has 0 saturated carbocycles. The number of aromatic nitrogens is 2. The summed E-state index contributed by atoms with van der Waals surface area (Å²) in [5.41, 5.74) is 1.53. The van der Waals surface area contributed by atoms with Crippen LogP contribution < -0.4 is 9.47 Å². The molecule has 1 fully saturated rings. The van der Waals surface area contributed by atoms with E-state index in [9.17, 15) is 4.79 Å². The Labute approximate surface area is 166 Å². The Hall–Kier alpha value is -2.87. The number of nitrogens with zero attached hydrogens (tertiary/aromatic N) is 3. The highest BCUT2D eigenvalue weighted by atomic mass is 32.1. The number of amides is 1. The predicted molar refractivity (Wildman–Crippen MR) is 105 cm³/mol. The third-order valence-electron chi connectivity index (χ3n) is 4.53. The van der Waals surface area contributed by atoms with Crippen molar-refractivity contribution in [1.82, 2.24) is 15.0 Å². The Morgan fingerprint density at radius 3 is 2.71 bits per heavy atom. The molecule has 1 saturated heterocycles. The van der Waals surface area contributed by atoms with Crippen LogP contribution in [0.15, 0.2) is 39.5 Å². The first-order chi connectivity index (χ1) is 13.7. The molecule has 28 heavy (non-hydrogen) atoms. The molecule has 0 spiro atoms. The van der Waals surface area contributed by atoms with Gasteiger partial charge in [0.1, 0.15) is 0 Å². The molecule has 2 aromatic heterocycles. The van der Waals surface area contributed by atoms with Gasteiger partial charge >= 0.3 is 0 Å². The van der Waals surface area contributed by atoms with Crippen LogP contribution >= 0.6 is 11.3 Å². The van der Waals surface area contributed by atoms with Gasteiger partial charge in [-0.2, -0.15) is 16.3 Å². The molecule has 7 nitrogen and oxygen atoms in total. The van der Waals surface area contributed by atoms with E-state index in [-0.39, 0.29) is 11.8 Å². The minimum atomic E-state index is -0.0437. The van der Waals surface area contributed by atoms with Crippen molar-refractivity contribution in [3.8, 4) is 22.9 Å². The molecule has 1 amide bonds. The van der Waals surface area contributed by atoms with Crippen molar-refractivity contribution in [2.45, 2.75) is 19.8 Å². The third kappa shape index (κ3) is 3.60. The highest BCUT2D eigenvalue weighted by Gasteiger charge is 2.36. The molecule has 1 aliphatic heterocycles. The minimum Gasteiger partial charge on any atom is -0.490 e. The highest BCUT2D eigenvalue weighted by molar-refractivity contribution is 7.08. The topological polar surface area (TPSA) is 77.7 Å². The highest BCUT2D eigenvalue weighted by Crippen LogP contribution is 2.32. The summed E-state index contributed by atoms with van der Waals surface area (Å²) in [7, 11) is 0. The molecule has 0 N–H and O–H groups in total. The van der Waals surface area contributed by atoms with Gasteiger partial charge in [0.2, 0.25) is 11.7 Å². The van der Waals surface area contributed by atoms with Crippen molar-refractivity contribution >= 4 is 17.2 Å². The number of ether oxygens (including phenoxy) is 2. The number of likely N-dealkylation sites (tertiary alicyclic amines) is 1. The maximum Gasteiger partial charge on any atom is 0.254 e. The van der Waals surface area contributed by atoms with E-state index >= 15 is 0 Å². The van der Waals surface area contributed by atoms with Crippen molar-refractivity contribution in [2.24, 2.45) is 0 Å². The molecule has 1 aliphatic rings. The van der Waals surface area contributed by atoms with Gasteiger partial charge < -0.3 is 18.9 Å². The van der Waals surface area contributed by atoms with Gasteiger partial charge in [-0.3, -0.25) is 4.79 Å². The summed E-state index contributed by atoms with van der Waals surface area (Å²) in [6, 6.07) is 7.25. The van der Waals surface area contributed by atoms with E-state index in [1.807, 2.05) is 30.7 Å². The number of hydrogen-bond acceptors (Lipinski definition) is 7. The lowest BCUT2D eigenvalue weighted by atomic mass is 9.98. The molecule has 0 bridgehead atoms. The molecule has 0 unspecified atom stereocenters. The zero-order valence-electron chi connectivity index (χ0n) is 15.8. The lowest BCUT2D eigenvalue weighted by Crippen LogP contribution is -2.48. The van der Waals surface area contributed by atoms with Crippen molar-refractivity contribution < 1.29 is 18.8 Å². The van der Waals surface area contributed by atoms with Crippen LogP contribution in [0.2, 0.25) is 0 Å². The van der Waals surface area contributed by atoms with Gasteiger partial charge in [0.15, 0.2) is 11.5 Å². The summed E-state index contributed by atoms with van der Waals surface area (Å²) >= 11 is 1.59. The van der Waals surface area contributed by atoms with E-state index in [0.29, 0.717) is 55.1 Å². The summed E-state index contributed by atoms with van der Waals surface area (Å²) in [5, 5.41) is 7.99. The van der Waals surface area contributed by atoms with Gasteiger partial charge in [0.25, 0.3) is 5.91 Å². The number of thiophene rings is 1. The van der Waals surface area contributed by atoms with Gasteiger partial charge in [-0.1, -0.05) is 5.16 Å². The second kappa shape index (κ2) is 8.02. The van der Waals surface area contributed by atoms with Gasteiger partial charge in [-0.15, -0.1) is 0 Å². The monoisotopic (exact) mass is 399 g/mol. The van der Waals surface area contributed by atoms with Crippen LogP contribution in [-0.2, 0) is 0 Å². The quantitative estimate of drug-likeness (QED) is 0.601. The number of benzene rings is 1. The molecule has 0 aliphatic carbocycles. The Morgan fingerprint density at radius 1 is 1.21 bits per heavy atom. The molecular weight excluding hydrogens is 378 g/mol. The van der Waals surface area contributed by atoms with Crippen molar-refractivity contribution in [3.05, 3.63) is 46.5 Å². The molecule has 1 aromatic carbocycles. The second-order valence-electron chi connectivity index (χ2n) is 6.40. The van der Waals surface area contributed by atoms with Gasteiger partial charge in [-0.25, -0.2) is 0 Å². The lowest BCUT2D eigenvalue weighted by molar-refractivity contribution is 0.0568. The standard InChI is InChI=1S/C20H21N3O4S/c1-3-25-16-6-5-13(9-17(16)26-4-2)20(24)23-10-15(11-23)19-21-18(22-27-19)14-7-8-28-12-14/h5-9,12,15H,3-4,10-11H2,1-2H3. The van der Waals surface area contributed by atoms with Crippen LogP contribution in [-0.4, -0.2) is 47.3 Å². The van der Waals surface area contributed by atoms with E-state index in [1.165, 1.54) is 0 Å². The Morgan fingerprint density at radius 2 is 2.00 bits per heavy atom. The summed E-state index contributed by atoms with van der Waals surface area (Å²) in [4.78, 5) is 19.0. The number of carbonyl (C=O) groups is 1. The van der Waals surface area contributed by atoms with Gasteiger partial charge in [0.05, 0.1) is 19.1 Å². The third-order valence-corrected chi connectivity index (χ3v) is 5.21. The number of carbonyl (C=O) groups excluding carboxylic acids is 1. The summed E-state index contributed by atoms with van der Waals surface area (Å²) in [6.45, 7) is 5.98. The summed E-state index contributed by atoms with van der Waals surface area (Å²) in [6.07, 6.45) is 0. The maximum atomic E-state index is 12.8. The van der Waals surface area contributed by atoms with Crippen LogP contribution in [0.1, 0.15) is 36.0 Å². The van der Waals surface area contributed by atoms with E-state index in [4.69, 9.17) is 14.0 Å². The molecular formula is C20H21N3O4S. The molecule has 3 aromatic rings. The number of rotatable bonds is 7. The lowest BCUT2D eigenvalue weighted by Gasteiger charge is -2.37. The predicted octanol–water partition coefficient (Wildman–Crippen LogP) is 3.84. The average Bonchev–Trinajstić information content (AvgIpc) is 3.34. The van der Waals surface area contributed by atoms with Crippen LogP contribution in [0.3, 0.4) is 0 Å². The minimum absolute atomic E-state index is 0.0437. The zero-order chi connectivity index (χ0) is 19.5. The van der Waals surface area contributed by atoms with Gasteiger partial charge in [-0.05, 0) is 43.5 Å². The SMILES string of the molecule is CCOc1ccc(C(=O)N2CC(c3nc(-c4ccsc4)no3)C2)cc1OCC. The molecule has 0 radical (unpaired) electrons. The van der Waals surface area contributed by atoms with E-state index in [0.717, 1.165) is 5.56 Å². The normalized spacial score (nSPS) is 14.0. The Balaban J connectivity index is 1.41. The first kappa shape index (κ1) is 18.5. The van der Waals surface area contributed by atoms with Crippen molar-refractivity contribution in [1.29, 1.82) is 0 Å². The first-order valence-electron chi connectivity index (χ1n) is 9.24. The first-order valence-corrected chi connectivity index (χ1v) is 10.2. The Bertz CT molecular complexity index is 948. The molecule has 3 heterocycles. The fourth-order valence-electron chi connectivity index (χ4n) is 3.08. The fraction of sp³-hybridized carbons (Fsp3) is 0.350. The molecule has 0 atom stereocenters. The molecule has 4 rings (SSSR count). The van der Waals surface area contributed by atoms with Crippen molar-refractivity contribution in [3.63, 3.8) is 0 Å². The average molecular weight is 399 g/mol. The Kier molecular flexibility index (Phi) is 5.29. The maximum absolute atomic E-state index is 12.8. The number of hydrogen-bond donors (Lipinski definition) is 0. The molecule has 8 heteroatoms. The van der Waals surface area contributed by atoms with Crippen LogP contribution in [0, 0.1) is 0 Å². The van der Waals surface area contributed by atoms with Crippen LogP contribution in [0.5, 0.6) is 11.5 Å². The smallest absolute Gasteiger partial charge is 0.254 e. The largest absolute Gasteiger partial charge is 0.490 e. The second-order valence-corrected chi connectivity index (χ2v) is 7.18. The summed E-state index contributed by atoms with van der Waals surface area (Å²) in [5.74, 6) is 2.43. The van der Waals surface area contributed by atoms with E-state index in [2.05, 4.69) is 10.1 Å². The van der Waals surface area contributed by atoms with Gasteiger partial charge in [0, 0.05) is 29.6 Å². The van der Waals surface area contributed by atoms with Crippen molar-refractivity contribution in [2.75, 3.05) is 26.3 Å².